The van der Waals surface area contributed by atoms with E-state index in [0.29, 0.717) is 0 Å². The molecule has 2 nitrogen and oxygen atoms in total. The molecule has 0 unspecified atom stereocenters. The van der Waals surface area contributed by atoms with E-state index >= 15 is 0 Å². The van der Waals surface area contributed by atoms with Crippen LogP contribution in [0.5, 0.6) is 0 Å². The SMILES string of the molecule is C=N[I-]N(C)CC. The molecule has 0 saturated carbocycles. The Morgan fingerprint density at radius 1 is 1.86 bits per heavy atom. The van der Waals surface area contributed by atoms with Gasteiger partial charge in [-0.25, -0.2) is 0 Å². The molecule has 0 saturated heterocycles. The average Bonchev–Trinajstić information content (AvgIpc) is 1.68. The molecule has 0 aliphatic carbocycles. The summed E-state index contributed by atoms with van der Waals surface area (Å²) in [5, 5.41) is 0. The molecule has 0 atom stereocenters. The summed E-state index contributed by atoms with van der Waals surface area (Å²) in [5.74, 6) is 0. The first-order valence-corrected chi connectivity index (χ1v) is 4.05. The second-order valence-electron chi connectivity index (χ2n) is 1.12. The molecule has 0 rings (SSSR count). The molecule has 0 spiro atoms. The van der Waals surface area contributed by atoms with Gasteiger partial charge in [0.1, 0.15) is 0 Å². The molecule has 0 radical (unpaired) electrons. The first-order valence-electron chi connectivity index (χ1n) is 2.12. The minimum atomic E-state index is -0.0876. The molecule has 0 aliphatic heterocycles. The third-order valence-corrected chi connectivity index (χ3v) is 2.34. The molecule has 3 heteroatoms. The molecule has 0 bridgehead atoms. The van der Waals surface area contributed by atoms with Gasteiger partial charge >= 0.3 is 55.3 Å². The Kier molecular flexibility index (Phi) is 4.75. The van der Waals surface area contributed by atoms with Crippen molar-refractivity contribution in [3.63, 3.8) is 0 Å². The third-order valence-electron chi connectivity index (χ3n) is 0.618. The van der Waals surface area contributed by atoms with Crippen molar-refractivity contribution in [1.29, 1.82) is 0 Å². The van der Waals surface area contributed by atoms with E-state index in [-0.39, 0.29) is 21.8 Å². The Bertz CT molecular complexity index is 55.7. The van der Waals surface area contributed by atoms with Crippen LogP contribution in [-0.4, -0.2) is 23.4 Å². The molecule has 0 N–H and O–H groups in total. The Morgan fingerprint density at radius 3 is 2.57 bits per heavy atom. The zero-order valence-electron chi connectivity index (χ0n) is 4.69. The molecule has 0 aliphatic rings. The van der Waals surface area contributed by atoms with Gasteiger partial charge in [0.2, 0.25) is 0 Å². The fourth-order valence-electron chi connectivity index (χ4n) is 0.145. The molecule has 0 aromatic carbocycles. The first-order chi connectivity index (χ1) is 3.31. The van der Waals surface area contributed by atoms with Crippen molar-refractivity contribution in [2.24, 2.45) is 3.21 Å². The quantitative estimate of drug-likeness (QED) is 0.289. The number of rotatable bonds is 3. The van der Waals surface area contributed by atoms with Crippen molar-refractivity contribution >= 4 is 6.72 Å². The number of halogens is 1. The van der Waals surface area contributed by atoms with Gasteiger partial charge in [0.15, 0.2) is 0 Å². The summed E-state index contributed by atoms with van der Waals surface area (Å²) < 4.78 is 5.98. The Balaban J connectivity index is 2.98. The predicted molar refractivity (Wildman–Crippen MR) is 27.9 cm³/mol. The van der Waals surface area contributed by atoms with Crippen molar-refractivity contribution in [3.8, 4) is 0 Å². The fourth-order valence-corrected chi connectivity index (χ4v) is 0.971. The van der Waals surface area contributed by atoms with E-state index in [1.807, 2.05) is 0 Å². The molecule has 0 fully saturated rings. The van der Waals surface area contributed by atoms with Gasteiger partial charge in [-0.05, 0) is 0 Å². The van der Waals surface area contributed by atoms with Crippen LogP contribution >= 0.6 is 0 Å². The average molecular weight is 213 g/mol. The fraction of sp³-hybridized carbons (Fsp3) is 0.750. The van der Waals surface area contributed by atoms with E-state index in [0.717, 1.165) is 6.54 Å². The number of hydrogen-bond acceptors (Lipinski definition) is 2. The molecule has 0 amide bonds. The molecular formula is C4H10IN2-. The molecule has 44 valence electrons. The van der Waals surface area contributed by atoms with Crippen molar-refractivity contribution in [2.75, 3.05) is 13.6 Å². The summed E-state index contributed by atoms with van der Waals surface area (Å²) in [4.78, 5) is 0. The normalized spacial score (nSPS) is 10.1. The topological polar surface area (TPSA) is 15.6 Å². The summed E-state index contributed by atoms with van der Waals surface area (Å²) in [5.41, 5.74) is 0. The Labute approximate surface area is 55.6 Å². The van der Waals surface area contributed by atoms with Crippen molar-refractivity contribution in [2.45, 2.75) is 6.92 Å². The summed E-state index contributed by atoms with van der Waals surface area (Å²) >= 11 is -0.0876. The van der Waals surface area contributed by atoms with Crippen LogP contribution in [0, 0.1) is 0 Å². The van der Waals surface area contributed by atoms with Crippen LogP contribution in [0.25, 0.3) is 0 Å². The monoisotopic (exact) mass is 213 g/mol. The van der Waals surface area contributed by atoms with E-state index < -0.39 is 0 Å². The van der Waals surface area contributed by atoms with Gasteiger partial charge in [0, 0.05) is 0 Å². The van der Waals surface area contributed by atoms with Crippen LogP contribution in [-0.2, 0) is 0 Å². The molecule has 7 heavy (non-hydrogen) atoms. The van der Waals surface area contributed by atoms with Gasteiger partial charge in [-0.2, -0.15) is 0 Å². The molecule has 0 aromatic heterocycles. The van der Waals surface area contributed by atoms with Gasteiger partial charge in [0.05, 0.1) is 0 Å². The summed E-state index contributed by atoms with van der Waals surface area (Å²) in [6, 6.07) is 0. The van der Waals surface area contributed by atoms with Gasteiger partial charge in [-0.3, -0.25) is 0 Å². The van der Waals surface area contributed by atoms with Crippen LogP contribution in [0.15, 0.2) is 3.21 Å². The predicted octanol–water partition coefficient (Wildman–Crippen LogP) is -2.44. The van der Waals surface area contributed by atoms with Crippen LogP contribution < -0.4 is 21.8 Å². The van der Waals surface area contributed by atoms with Crippen molar-refractivity contribution < 1.29 is 21.8 Å². The summed E-state index contributed by atoms with van der Waals surface area (Å²) in [7, 11) is 2.06. The van der Waals surface area contributed by atoms with Crippen LogP contribution in [0.3, 0.4) is 0 Å². The summed E-state index contributed by atoms with van der Waals surface area (Å²) in [6.07, 6.45) is 0. The maximum atomic E-state index is 3.79. The van der Waals surface area contributed by atoms with Gasteiger partial charge in [-0.15, -0.1) is 0 Å². The van der Waals surface area contributed by atoms with E-state index in [9.17, 15) is 0 Å². The second-order valence-corrected chi connectivity index (χ2v) is 3.88. The van der Waals surface area contributed by atoms with E-state index in [2.05, 4.69) is 27.0 Å². The zero-order valence-corrected chi connectivity index (χ0v) is 6.84. The summed E-state index contributed by atoms with van der Waals surface area (Å²) in [6.45, 7) is 6.61. The van der Waals surface area contributed by atoms with Gasteiger partial charge in [-0.1, -0.05) is 0 Å². The molecule has 0 heterocycles. The number of nitrogens with zero attached hydrogens (tertiary/aromatic N) is 2. The third kappa shape index (κ3) is 4.21. The molecular weight excluding hydrogens is 203 g/mol. The number of hydrogen-bond donors (Lipinski definition) is 0. The standard InChI is InChI=1S/C4H10IN2/c1-4-7(3)5-6-2/h2,4H2,1,3H3/q-1. The van der Waals surface area contributed by atoms with Crippen LogP contribution in [0.2, 0.25) is 0 Å². The Hall–Kier alpha value is 0.360. The Morgan fingerprint density at radius 2 is 2.43 bits per heavy atom. The van der Waals surface area contributed by atoms with Crippen molar-refractivity contribution in [1.82, 2.24) is 3.11 Å². The van der Waals surface area contributed by atoms with Crippen LogP contribution in [0.1, 0.15) is 6.92 Å². The zero-order chi connectivity index (χ0) is 5.70. The second kappa shape index (κ2) is 4.52. The van der Waals surface area contributed by atoms with E-state index in [1.54, 1.807) is 0 Å². The maximum absolute atomic E-state index is 3.79. The van der Waals surface area contributed by atoms with Gasteiger partial charge < -0.3 is 0 Å². The van der Waals surface area contributed by atoms with Gasteiger partial charge in [0.25, 0.3) is 0 Å². The molecule has 0 aromatic rings. The first kappa shape index (κ1) is 7.36. The van der Waals surface area contributed by atoms with E-state index in [1.165, 1.54) is 0 Å². The minimum absolute atomic E-state index is 0.0876. The van der Waals surface area contributed by atoms with Crippen molar-refractivity contribution in [3.05, 3.63) is 0 Å². The van der Waals surface area contributed by atoms with E-state index in [4.69, 9.17) is 0 Å². The van der Waals surface area contributed by atoms with Crippen LogP contribution in [0.4, 0.5) is 0 Å².